The van der Waals surface area contributed by atoms with Crippen LogP contribution in [0.15, 0.2) is 23.3 Å². The Hall–Kier alpha value is -1.54. The van der Waals surface area contributed by atoms with Crippen molar-refractivity contribution in [3.05, 3.63) is 23.3 Å². The van der Waals surface area contributed by atoms with E-state index in [1.165, 1.54) is 0 Å². The zero-order valence-electron chi connectivity index (χ0n) is 18.9. The fraction of sp³-hybridized carbons (Fsp3) is 0.750. The van der Waals surface area contributed by atoms with Gasteiger partial charge in [0.15, 0.2) is 5.78 Å². The van der Waals surface area contributed by atoms with Gasteiger partial charge in [0.2, 0.25) is 0 Å². The van der Waals surface area contributed by atoms with Gasteiger partial charge in [0.25, 0.3) is 0 Å². The molecule has 0 aromatic heterocycles. The first-order valence-corrected chi connectivity index (χ1v) is 11.2. The number of hydrogen-bond acceptors (Lipinski definition) is 7. The molecule has 0 heterocycles. The molecular formula is C24H34O7. The number of ether oxygens (including phenoxy) is 1. The molecule has 7 heteroatoms. The van der Waals surface area contributed by atoms with Crippen LogP contribution in [-0.4, -0.2) is 61.7 Å². The van der Waals surface area contributed by atoms with Crippen molar-refractivity contribution in [1.82, 2.24) is 0 Å². The second-order valence-electron chi connectivity index (χ2n) is 10.6. The number of Topliss-reactive ketones (excluding diaryl/α,β-unsaturated/α-hetero) is 1. The normalized spacial score (nSPS) is 47.4. The van der Waals surface area contributed by atoms with E-state index in [2.05, 4.69) is 0 Å². The fourth-order valence-corrected chi connectivity index (χ4v) is 7.11. The summed E-state index contributed by atoms with van der Waals surface area (Å²) in [6, 6.07) is 0. The number of aliphatic hydroxyl groups excluding tert-OH is 2. The third-order valence-corrected chi connectivity index (χ3v) is 8.73. The number of rotatable bonds is 4. The maximum absolute atomic E-state index is 12.9. The first kappa shape index (κ1) is 22.6. The number of fused-ring (bicyclic) bond motifs is 5. The van der Waals surface area contributed by atoms with Crippen LogP contribution in [0, 0.1) is 29.1 Å². The van der Waals surface area contributed by atoms with Crippen LogP contribution < -0.4 is 0 Å². The minimum atomic E-state index is -1.88. The van der Waals surface area contributed by atoms with Gasteiger partial charge >= 0.3 is 5.97 Å². The van der Waals surface area contributed by atoms with E-state index in [0.717, 1.165) is 0 Å². The van der Waals surface area contributed by atoms with E-state index in [4.69, 9.17) is 4.74 Å². The zero-order valence-corrected chi connectivity index (χ0v) is 18.9. The summed E-state index contributed by atoms with van der Waals surface area (Å²) in [4.78, 5) is 25.4. The Morgan fingerprint density at radius 2 is 1.90 bits per heavy atom. The Balaban J connectivity index is 1.88. The molecule has 0 amide bonds. The van der Waals surface area contributed by atoms with Gasteiger partial charge in [-0.05, 0) is 24.5 Å². The highest BCUT2D eigenvalue weighted by Gasteiger charge is 2.86. The van der Waals surface area contributed by atoms with Crippen molar-refractivity contribution >= 4 is 11.8 Å². The number of carbonyl (C=O) groups is 2. The minimum Gasteiger partial charge on any atom is -0.455 e. The maximum atomic E-state index is 12.9. The molecule has 4 rings (SSSR count). The SMILES string of the molecule is CCCC(=O)O[C@@]12[C@H](O)[C@@H](C)[C@]3(O)C4C=C(C)C(=O)[C@@]4(O)CC(CO)=C[C@H]3[C@@H]1C2(C)C. The molecule has 4 aliphatic carbocycles. The van der Waals surface area contributed by atoms with Gasteiger partial charge < -0.3 is 25.2 Å². The average molecular weight is 435 g/mol. The summed E-state index contributed by atoms with van der Waals surface area (Å²) in [5.41, 5.74) is -4.52. The van der Waals surface area contributed by atoms with Crippen LogP contribution in [0.5, 0.6) is 0 Å². The van der Waals surface area contributed by atoms with Crippen LogP contribution in [-0.2, 0) is 14.3 Å². The molecule has 0 saturated heterocycles. The quantitative estimate of drug-likeness (QED) is 0.388. The van der Waals surface area contributed by atoms with Gasteiger partial charge in [0, 0.05) is 41.9 Å². The molecule has 7 nitrogen and oxygen atoms in total. The van der Waals surface area contributed by atoms with E-state index in [1.54, 1.807) is 26.0 Å². The summed E-state index contributed by atoms with van der Waals surface area (Å²) in [7, 11) is 0. The molecule has 2 saturated carbocycles. The number of esters is 1. The summed E-state index contributed by atoms with van der Waals surface area (Å²) in [6.45, 7) is 8.62. The topological polar surface area (TPSA) is 124 Å². The Labute approximate surface area is 182 Å². The van der Waals surface area contributed by atoms with Gasteiger partial charge in [-0.3, -0.25) is 9.59 Å². The molecule has 4 N–H and O–H groups in total. The van der Waals surface area contributed by atoms with Gasteiger partial charge in [-0.2, -0.15) is 0 Å². The lowest BCUT2D eigenvalue weighted by Crippen LogP contribution is -2.65. The van der Waals surface area contributed by atoms with Crippen LogP contribution in [0.1, 0.15) is 53.9 Å². The van der Waals surface area contributed by atoms with Gasteiger partial charge in [0.1, 0.15) is 11.2 Å². The Bertz CT molecular complexity index is 888. The second kappa shape index (κ2) is 6.73. The summed E-state index contributed by atoms with van der Waals surface area (Å²) in [5, 5.41) is 45.1. The van der Waals surface area contributed by atoms with E-state index >= 15 is 0 Å². The van der Waals surface area contributed by atoms with Crippen LogP contribution >= 0.6 is 0 Å². The number of hydrogen-bond donors (Lipinski definition) is 4. The minimum absolute atomic E-state index is 0.0851. The monoisotopic (exact) mass is 434 g/mol. The standard InChI is InChI=1S/C24H34O7/c1-6-7-17(26)31-24-18(21(24,4)5)15-9-14(11-25)10-22(29)16(8-12(2)19(22)27)23(15,30)13(3)20(24)28/h8-9,13,15-16,18,20,25,28-30H,6-7,10-11H2,1-5H3/t13-,15+,16?,18-,20-,22-,23-,24-/m1/s1. The summed E-state index contributed by atoms with van der Waals surface area (Å²) >= 11 is 0. The molecule has 4 aliphatic rings. The van der Waals surface area contributed by atoms with Crippen molar-refractivity contribution in [3.63, 3.8) is 0 Å². The Morgan fingerprint density at radius 3 is 2.48 bits per heavy atom. The Kier molecular flexibility index (Phi) is 4.92. The number of carbonyl (C=O) groups excluding carboxylic acids is 2. The third kappa shape index (κ3) is 2.55. The maximum Gasteiger partial charge on any atom is 0.306 e. The first-order valence-electron chi connectivity index (χ1n) is 11.2. The van der Waals surface area contributed by atoms with Gasteiger partial charge in [-0.15, -0.1) is 0 Å². The zero-order chi connectivity index (χ0) is 23.1. The lowest BCUT2D eigenvalue weighted by Gasteiger charge is -2.52. The molecule has 8 atom stereocenters. The molecule has 31 heavy (non-hydrogen) atoms. The summed E-state index contributed by atoms with van der Waals surface area (Å²) in [6.07, 6.45) is 2.95. The molecule has 172 valence electrons. The van der Waals surface area contributed by atoms with Crippen molar-refractivity contribution in [2.24, 2.45) is 29.1 Å². The predicted octanol–water partition coefficient (Wildman–Crippen LogP) is 1.28. The van der Waals surface area contributed by atoms with E-state index < -0.39 is 63.7 Å². The Morgan fingerprint density at radius 1 is 1.26 bits per heavy atom. The number of aliphatic hydroxyl groups is 4. The smallest absolute Gasteiger partial charge is 0.306 e. The molecule has 0 radical (unpaired) electrons. The second-order valence-corrected chi connectivity index (χ2v) is 10.6. The molecule has 0 aliphatic heterocycles. The number of ketones is 1. The van der Waals surface area contributed by atoms with Gasteiger partial charge in [0.05, 0.1) is 18.3 Å². The molecule has 0 aromatic carbocycles. The van der Waals surface area contributed by atoms with E-state index in [-0.39, 0.29) is 19.4 Å². The first-order chi connectivity index (χ1) is 14.3. The van der Waals surface area contributed by atoms with Crippen molar-refractivity contribution in [3.8, 4) is 0 Å². The summed E-state index contributed by atoms with van der Waals surface area (Å²) in [5.74, 6) is -3.64. The third-order valence-electron chi connectivity index (χ3n) is 8.73. The highest BCUT2D eigenvalue weighted by Crippen LogP contribution is 2.76. The van der Waals surface area contributed by atoms with Crippen molar-refractivity contribution in [2.45, 2.75) is 76.8 Å². The fourth-order valence-electron chi connectivity index (χ4n) is 7.11. The lowest BCUT2D eigenvalue weighted by molar-refractivity contribution is -0.219. The largest absolute Gasteiger partial charge is 0.455 e. The molecule has 2 fully saturated rings. The highest BCUT2D eigenvalue weighted by atomic mass is 16.6. The predicted molar refractivity (Wildman–Crippen MR) is 112 cm³/mol. The van der Waals surface area contributed by atoms with Crippen molar-refractivity contribution in [1.29, 1.82) is 0 Å². The van der Waals surface area contributed by atoms with Crippen LogP contribution in [0.4, 0.5) is 0 Å². The molecule has 1 unspecified atom stereocenters. The lowest BCUT2D eigenvalue weighted by atomic mass is 9.59. The van der Waals surface area contributed by atoms with E-state index in [9.17, 15) is 30.0 Å². The van der Waals surface area contributed by atoms with E-state index in [0.29, 0.717) is 17.6 Å². The molecular weight excluding hydrogens is 400 g/mol. The average Bonchev–Trinajstić information content (AvgIpc) is 3.13. The van der Waals surface area contributed by atoms with E-state index in [1.807, 2.05) is 20.8 Å². The van der Waals surface area contributed by atoms with Gasteiger partial charge in [-0.25, -0.2) is 0 Å². The van der Waals surface area contributed by atoms with Crippen molar-refractivity contribution < 1.29 is 34.8 Å². The summed E-state index contributed by atoms with van der Waals surface area (Å²) < 4.78 is 5.94. The molecule has 0 bridgehead atoms. The van der Waals surface area contributed by atoms with Crippen LogP contribution in [0.3, 0.4) is 0 Å². The molecule has 0 spiro atoms. The van der Waals surface area contributed by atoms with Crippen LogP contribution in [0.25, 0.3) is 0 Å². The highest BCUT2D eigenvalue weighted by molar-refractivity contribution is 6.04. The van der Waals surface area contributed by atoms with Crippen LogP contribution in [0.2, 0.25) is 0 Å². The van der Waals surface area contributed by atoms with Gasteiger partial charge in [-0.1, -0.05) is 39.8 Å². The molecule has 0 aromatic rings. The van der Waals surface area contributed by atoms with Crippen molar-refractivity contribution in [2.75, 3.05) is 6.61 Å².